The largest absolute Gasteiger partial charge is 0.295 e. The summed E-state index contributed by atoms with van der Waals surface area (Å²) in [5.74, 6) is 0.191. The average molecular weight is 330 g/mol. The van der Waals surface area contributed by atoms with Crippen molar-refractivity contribution in [3.05, 3.63) is 43.2 Å². The van der Waals surface area contributed by atoms with Gasteiger partial charge in [-0.25, -0.2) is 0 Å². The van der Waals surface area contributed by atoms with Gasteiger partial charge in [-0.2, -0.15) is 0 Å². The first-order valence-electron chi connectivity index (χ1n) is 5.13. The van der Waals surface area contributed by atoms with E-state index in [1.54, 1.807) is 11.3 Å². The van der Waals surface area contributed by atoms with E-state index in [0.29, 0.717) is 6.54 Å². The summed E-state index contributed by atoms with van der Waals surface area (Å²) >= 11 is 6.61. The Morgan fingerprint density at radius 1 is 1.47 bits per heavy atom. The summed E-state index contributed by atoms with van der Waals surface area (Å²) in [6, 6.07) is 5.88. The Morgan fingerprint density at radius 2 is 2.29 bits per heavy atom. The lowest BCUT2D eigenvalue weighted by Gasteiger charge is -2.14. The summed E-state index contributed by atoms with van der Waals surface area (Å²) in [5, 5.41) is 4.04. The standard InChI is InChI=1S/C12H12BrNOS2/c1-14(6-9-5-12(13)17-8-9)7-10(15)11-3-2-4-16-11/h2-5,8H,6-7H2,1H3. The molecule has 2 rings (SSSR count). The Hall–Kier alpha value is -0.490. The number of hydrogen-bond donors (Lipinski definition) is 0. The maximum Gasteiger partial charge on any atom is 0.186 e. The average Bonchev–Trinajstić information content (AvgIpc) is 2.89. The molecule has 0 spiro atoms. The first kappa shape index (κ1) is 13.0. The van der Waals surface area contributed by atoms with Gasteiger partial charge in [-0.3, -0.25) is 9.69 Å². The lowest BCUT2D eigenvalue weighted by molar-refractivity contribution is 0.0947. The first-order chi connectivity index (χ1) is 8.15. The molecule has 0 saturated heterocycles. The van der Waals surface area contributed by atoms with Crippen molar-refractivity contribution in [3.8, 4) is 0 Å². The van der Waals surface area contributed by atoms with Gasteiger partial charge in [0.1, 0.15) is 0 Å². The zero-order valence-corrected chi connectivity index (χ0v) is 12.6. The minimum Gasteiger partial charge on any atom is -0.295 e. The van der Waals surface area contributed by atoms with Crippen LogP contribution in [0.1, 0.15) is 15.2 Å². The number of Topliss-reactive ketones (excluding diaryl/α,β-unsaturated/α-hetero) is 1. The summed E-state index contributed by atoms with van der Waals surface area (Å²) in [6.45, 7) is 1.27. The second kappa shape index (κ2) is 5.91. The molecular formula is C12H12BrNOS2. The van der Waals surface area contributed by atoms with E-state index in [4.69, 9.17) is 0 Å². The molecule has 0 bridgehead atoms. The quantitative estimate of drug-likeness (QED) is 0.775. The molecular weight excluding hydrogens is 318 g/mol. The molecule has 17 heavy (non-hydrogen) atoms. The molecule has 0 saturated carbocycles. The van der Waals surface area contributed by atoms with E-state index in [1.807, 2.05) is 29.5 Å². The van der Waals surface area contributed by atoms with Gasteiger partial charge in [0.2, 0.25) is 0 Å². The number of ketones is 1. The Kier molecular flexibility index (Phi) is 4.50. The molecule has 0 aliphatic carbocycles. The third kappa shape index (κ3) is 3.74. The fourth-order valence-electron chi connectivity index (χ4n) is 1.56. The molecule has 5 heteroatoms. The highest BCUT2D eigenvalue weighted by Crippen LogP contribution is 2.21. The van der Waals surface area contributed by atoms with Crippen molar-refractivity contribution in [1.29, 1.82) is 0 Å². The highest BCUT2D eigenvalue weighted by atomic mass is 79.9. The maximum atomic E-state index is 11.9. The van der Waals surface area contributed by atoms with Crippen LogP contribution in [0.4, 0.5) is 0 Å². The van der Waals surface area contributed by atoms with Crippen LogP contribution in [0.3, 0.4) is 0 Å². The molecule has 0 radical (unpaired) electrons. The zero-order chi connectivity index (χ0) is 12.3. The van der Waals surface area contributed by atoms with E-state index in [1.165, 1.54) is 16.9 Å². The number of carbonyl (C=O) groups is 1. The van der Waals surface area contributed by atoms with Crippen LogP contribution in [0.25, 0.3) is 0 Å². The Bertz CT molecular complexity index is 492. The number of thiophene rings is 2. The molecule has 0 N–H and O–H groups in total. The monoisotopic (exact) mass is 329 g/mol. The molecule has 90 valence electrons. The zero-order valence-electron chi connectivity index (χ0n) is 9.35. The van der Waals surface area contributed by atoms with E-state index in [9.17, 15) is 4.79 Å². The van der Waals surface area contributed by atoms with E-state index < -0.39 is 0 Å². The summed E-state index contributed by atoms with van der Waals surface area (Å²) in [4.78, 5) is 14.7. The number of halogens is 1. The number of hydrogen-bond acceptors (Lipinski definition) is 4. The van der Waals surface area contributed by atoms with Gasteiger partial charge in [0.15, 0.2) is 5.78 Å². The normalized spacial score (nSPS) is 11.0. The summed E-state index contributed by atoms with van der Waals surface area (Å²) < 4.78 is 1.13. The Labute approximate surface area is 117 Å². The van der Waals surface area contributed by atoms with Crippen molar-refractivity contribution in [2.45, 2.75) is 6.54 Å². The van der Waals surface area contributed by atoms with Gasteiger partial charge < -0.3 is 0 Å². The van der Waals surface area contributed by atoms with Gasteiger partial charge in [-0.05, 0) is 51.4 Å². The van der Waals surface area contributed by atoms with Crippen LogP contribution in [0, 0.1) is 0 Å². The van der Waals surface area contributed by atoms with Crippen LogP contribution in [0.5, 0.6) is 0 Å². The Morgan fingerprint density at radius 3 is 2.88 bits per heavy atom. The van der Waals surface area contributed by atoms with Gasteiger partial charge in [0, 0.05) is 6.54 Å². The maximum absolute atomic E-state index is 11.9. The summed E-state index contributed by atoms with van der Waals surface area (Å²) in [5.41, 5.74) is 1.24. The molecule has 2 nitrogen and oxygen atoms in total. The topological polar surface area (TPSA) is 20.3 Å². The van der Waals surface area contributed by atoms with Crippen molar-refractivity contribution >= 4 is 44.4 Å². The number of likely N-dealkylation sites (N-methyl/N-ethyl adjacent to an activating group) is 1. The molecule has 2 heterocycles. The van der Waals surface area contributed by atoms with Gasteiger partial charge in [-0.15, -0.1) is 22.7 Å². The first-order valence-corrected chi connectivity index (χ1v) is 7.68. The van der Waals surface area contributed by atoms with Crippen molar-refractivity contribution in [1.82, 2.24) is 4.90 Å². The van der Waals surface area contributed by atoms with E-state index in [2.05, 4.69) is 27.4 Å². The number of carbonyl (C=O) groups excluding carboxylic acids is 1. The fraction of sp³-hybridized carbons (Fsp3) is 0.250. The van der Waals surface area contributed by atoms with Crippen molar-refractivity contribution in [2.75, 3.05) is 13.6 Å². The fourth-order valence-corrected chi connectivity index (χ4v) is 3.41. The minimum absolute atomic E-state index is 0.191. The molecule has 0 aromatic carbocycles. The van der Waals surface area contributed by atoms with Gasteiger partial charge in [0.25, 0.3) is 0 Å². The minimum atomic E-state index is 0.191. The third-order valence-electron chi connectivity index (χ3n) is 2.28. The second-order valence-electron chi connectivity index (χ2n) is 3.83. The second-order valence-corrected chi connectivity index (χ2v) is 7.07. The molecule has 0 fully saturated rings. The SMILES string of the molecule is CN(CC(=O)c1cccs1)Cc1csc(Br)c1. The molecule has 0 aliphatic heterocycles. The predicted molar refractivity (Wildman–Crippen MR) is 77.0 cm³/mol. The van der Waals surface area contributed by atoms with Crippen molar-refractivity contribution < 1.29 is 4.79 Å². The van der Waals surface area contributed by atoms with Crippen molar-refractivity contribution in [2.24, 2.45) is 0 Å². The predicted octanol–water partition coefficient (Wildman–Crippen LogP) is 3.89. The molecule has 0 unspecified atom stereocenters. The lowest BCUT2D eigenvalue weighted by atomic mass is 10.2. The Balaban J connectivity index is 1.89. The van der Waals surface area contributed by atoms with Gasteiger partial charge in [-0.1, -0.05) is 6.07 Å². The highest BCUT2D eigenvalue weighted by molar-refractivity contribution is 9.11. The van der Waals surface area contributed by atoms with Crippen LogP contribution < -0.4 is 0 Å². The van der Waals surface area contributed by atoms with Crippen LogP contribution >= 0.6 is 38.6 Å². The van der Waals surface area contributed by atoms with Crippen LogP contribution in [-0.4, -0.2) is 24.3 Å². The van der Waals surface area contributed by atoms with E-state index in [-0.39, 0.29) is 5.78 Å². The number of nitrogens with zero attached hydrogens (tertiary/aromatic N) is 1. The van der Waals surface area contributed by atoms with Crippen LogP contribution in [-0.2, 0) is 6.54 Å². The molecule has 2 aromatic heterocycles. The summed E-state index contributed by atoms with van der Waals surface area (Å²) in [7, 11) is 1.97. The van der Waals surface area contributed by atoms with E-state index in [0.717, 1.165) is 15.2 Å². The van der Waals surface area contributed by atoms with Gasteiger partial charge in [0.05, 0.1) is 15.2 Å². The van der Waals surface area contributed by atoms with Gasteiger partial charge >= 0.3 is 0 Å². The summed E-state index contributed by atoms with van der Waals surface area (Å²) in [6.07, 6.45) is 0. The van der Waals surface area contributed by atoms with Crippen molar-refractivity contribution in [3.63, 3.8) is 0 Å². The van der Waals surface area contributed by atoms with E-state index >= 15 is 0 Å². The highest BCUT2D eigenvalue weighted by Gasteiger charge is 2.10. The molecule has 2 aromatic rings. The van der Waals surface area contributed by atoms with Crippen LogP contribution in [0.2, 0.25) is 0 Å². The third-order valence-corrected chi connectivity index (χ3v) is 4.75. The number of rotatable bonds is 5. The smallest absolute Gasteiger partial charge is 0.186 e. The van der Waals surface area contributed by atoms with Crippen LogP contribution in [0.15, 0.2) is 32.7 Å². The molecule has 0 amide bonds. The molecule has 0 atom stereocenters. The lowest BCUT2D eigenvalue weighted by Crippen LogP contribution is -2.24. The molecule has 0 aliphatic rings.